The van der Waals surface area contributed by atoms with E-state index in [0.717, 1.165) is 16.6 Å². The second-order valence-electron chi connectivity index (χ2n) is 5.57. The molecule has 6 heteroatoms. The summed E-state index contributed by atoms with van der Waals surface area (Å²) in [6.07, 6.45) is 3.46. The fraction of sp³-hybridized carbons (Fsp3) is 0.105. The van der Waals surface area contributed by atoms with E-state index < -0.39 is 0 Å². The van der Waals surface area contributed by atoms with Gasteiger partial charge >= 0.3 is 0 Å². The maximum absolute atomic E-state index is 12.3. The van der Waals surface area contributed by atoms with Crippen LogP contribution in [0.1, 0.15) is 11.3 Å². The molecule has 0 spiro atoms. The van der Waals surface area contributed by atoms with E-state index in [1.54, 1.807) is 12.5 Å². The normalized spacial score (nSPS) is 10.9. The van der Waals surface area contributed by atoms with Gasteiger partial charge < -0.3 is 14.3 Å². The summed E-state index contributed by atoms with van der Waals surface area (Å²) < 4.78 is 10.6. The van der Waals surface area contributed by atoms with Gasteiger partial charge in [-0.15, -0.1) is 0 Å². The number of carbonyl (C=O) groups is 1. The van der Waals surface area contributed by atoms with Gasteiger partial charge in [-0.2, -0.15) is 0 Å². The van der Waals surface area contributed by atoms with Gasteiger partial charge in [0.05, 0.1) is 12.7 Å². The van der Waals surface area contributed by atoms with E-state index in [9.17, 15) is 4.79 Å². The molecule has 6 nitrogen and oxygen atoms in total. The van der Waals surface area contributed by atoms with Crippen LogP contribution in [-0.2, 0) is 17.8 Å². The summed E-state index contributed by atoms with van der Waals surface area (Å²) in [7, 11) is 0. The molecule has 1 N–H and O–H groups in total. The van der Waals surface area contributed by atoms with Crippen molar-refractivity contribution >= 4 is 16.9 Å². The molecule has 3 aromatic heterocycles. The average Bonchev–Trinajstić information content (AvgIpc) is 3.31. The topological polar surface area (TPSA) is 81.2 Å². The van der Waals surface area contributed by atoms with Gasteiger partial charge in [0.15, 0.2) is 11.3 Å². The number of hydrogen-bond acceptors (Lipinski definition) is 5. The van der Waals surface area contributed by atoms with Gasteiger partial charge in [-0.05, 0) is 30.3 Å². The standard InChI is InChI=1S/C19H15N3O3/c23-18(11-15-14-6-1-2-7-16(14)25-22-15)21-12-13-5-3-9-20-19(13)17-8-4-10-24-17/h1-10H,11-12H2,(H,21,23). The molecule has 0 radical (unpaired) electrons. The van der Waals surface area contributed by atoms with Crippen LogP contribution in [0.5, 0.6) is 0 Å². The summed E-state index contributed by atoms with van der Waals surface area (Å²) >= 11 is 0. The number of nitrogens with zero attached hydrogens (tertiary/aromatic N) is 2. The zero-order valence-electron chi connectivity index (χ0n) is 13.3. The fourth-order valence-electron chi connectivity index (χ4n) is 2.69. The van der Waals surface area contributed by atoms with Gasteiger partial charge in [-0.1, -0.05) is 23.4 Å². The van der Waals surface area contributed by atoms with Crippen molar-refractivity contribution in [3.63, 3.8) is 0 Å². The third-order valence-corrected chi connectivity index (χ3v) is 3.90. The number of pyridine rings is 1. The lowest BCUT2D eigenvalue weighted by molar-refractivity contribution is -0.120. The first kappa shape index (κ1) is 15.1. The molecule has 0 aliphatic heterocycles. The van der Waals surface area contributed by atoms with Crippen LogP contribution in [0.4, 0.5) is 0 Å². The first-order valence-corrected chi connectivity index (χ1v) is 7.89. The molecule has 25 heavy (non-hydrogen) atoms. The highest BCUT2D eigenvalue weighted by Gasteiger charge is 2.13. The number of para-hydroxylation sites is 1. The number of benzene rings is 1. The predicted molar refractivity (Wildman–Crippen MR) is 91.5 cm³/mol. The van der Waals surface area contributed by atoms with Crippen molar-refractivity contribution in [1.82, 2.24) is 15.5 Å². The molecule has 124 valence electrons. The Labute approximate surface area is 143 Å². The van der Waals surface area contributed by atoms with Gasteiger partial charge in [0.25, 0.3) is 0 Å². The number of amides is 1. The van der Waals surface area contributed by atoms with E-state index in [-0.39, 0.29) is 12.3 Å². The van der Waals surface area contributed by atoms with Crippen LogP contribution in [-0.4, -0.2) is 16.0 Å². The summed E-state index contributed by atoms with van der Waals surface area (Å²) in [5.74, 6) is 0.542. The van der Waals surface area contributed by atoms with Crippen LogP contribution in [0.2, 0.25) is 0 Å². The van der Waals surface area contributed by atoms with Crippen LogP contribution < -0.4 is 5.32 Å². The van der Waals surface area contributed by atoms with Crippen molar-refractivity contribution in [2.24, 2.45) is 0 Å². The van der Waals surface area contributed by atoms with Gasteiger partial charge in [0, 0.05) is 23.7 Å². The lowest BCUT2D eigenvalue weighted by Crippen LogP contribution is -2.25. The Kier molecular flexibility index (Phi) is 4.00. The van der Waals surface area contributed by atoms with E-state index in [1.165, 1.54) is 0 Å². The van der Waals surface area contributed by atoms with Crippen LogP contribution in [0.25, 0.3) is 22.4 Å². The lowest BCUT2D eigenvalue weighted by Gasteiger charge is -2.08. The Morgan fingerprint density at radius 2 is 2.00 bits per heavy atom. The highest BCUT2D eigenvalue weighted by atomic mass is 16.5. The van der Waals surface area contributed by atoms with Crippen molar-refractivity contribution in [1.29, 1.82) is 0 Å². The number of rotatable bonds is 5. The SMILES string of the molecule is O=C(Cc1noc2ccccc12)NCc1cccnc1-c1ccco1. The van der Waals surface area contributed by atoms with E-state index in [2.05, 4.69) is 15.5 Å². The number of aromatic nitrogens is 2. The minimum Gasteiger partial charge on any atom is -0.463 e. The Bertz CT molecular complexity index is 1010. The molecule has 1 amide bonds. The number of carbonyl (C=O) groups excluding carboxylic acids is 1. The molecule has 4 aromatic rings. The summed E-state index contributed by atoms with van der Waals surface area (Å²) in [6.45, 7) is 0.360. The molecular weight excluding hydrogens is 318 g/mol. The summed E-state index contributed by atoms with van der Waals surface area (Å²) in [5.41, 5.74) is 2.92. The molecule has 0 aliphatic rings. The molecule has 0 atom stereocenters. The smallest absolute Gasteiger partial charge is 0.226 e. The van der Waals surface area contributed by atoms with E-state index >= 15 is 0 Å². The zero-order chi connectivity index (χ0) is 17.1. The molecule has 0 fully saturated rings. The number of fused-ring (bicyclic) bond motifs is 1. The predicted octanol–water partition coefficient (Wildman–Crippen LogP) is 3.34. The molecule has 0 saturated heterocycles. The maximum Gasteiger partial charge on any atom is 0.226 e. The molecule has 1 aromatic carbocycles. The number of hydrogen-bond donors (Lipinski definition) is 1. The lowest BCUT2D eigenvalue weighted by atomic mass is 10.1. The third-order valence-electron chi connectivity index (χ3n) is 3.90. The minimum atomic E-state index is -0.131. The van der Waals surface area contributed by atoms with Gasteiger partial charge in [-0.3, -0.25) is 9.78 Å². The third kappa shape index (κ3) is 3.14. The van der Waals surface area contributed by atoms with E-state index in [1.807, 2.05) is 48.5 Å². The molecule has 4 rings (SSSR count). The monoisotopic (exact) mass is 333 g/mol. The Hall–Kier alpha value is -3.41. The van der Waals surface area contributed by atoms with Gasteiger partial charge in [0.1, 0.15) is 11.4 Å². The van der Waals surface area contributed by atoms with E-state index in [0.29, 0.717) is 23.6 Å². The van der Waals surface area contributed by atoms with Crippen LogP contribution in [0.3, 0.4) is 0 Å². The molecule has 3 heterocycles. The maximum atomic E-state index is 12.3. The Morgan fingerprint density at radius 1 is 1.08 bits per heavy atom. The van der Waals surface area contributed by atoms with E-state index in [4.69, 9.17) is 8.94 Å². The first-order chi connectivity index (χ1) is 12.3. The summed E-state index contributed by atoms with van der Waals surface area (Å²) in [5, 5.41) is 7.74. The first-order valence-electron chi connectivity index (χ1n) is 7.89. The molecule has 0 aliphatic carbocycles. The highest BCUT2D eigenvalue weighted by Crippen LogP contribution is 2.21. The van der Waals surface area contributed by atoms with Crippen LogP contribution in [0, 0.1) is 0 Å². The zero-order valence-corrected chi connectivity index (χ0v) is 13.3. The second kappa shape index (κ2) is 6.60. The van der Waals surface area contributed by atoms with Crippen LogP contribution in [0.15, 0.2) is 69.9 Å². The van der Waals surface area contributed by atoms with Gasteiger partial charge in [-0.25, -0.2) is 0 Å². The van der Waals surface area contributed by atoms with Crippen molar-refractivity contribution < 1.29 is 13.7 Å². The summed E-state index contributed by atoms with van der Waals surface area (Å²) in [4.78, 5) is 16.6. The average molecular weight is 333 g/mol. The Morgan fingerprint density at radius 3 is 2.88 bits per heavy atom. The largest absolute Gasteiger partial charge is 0.463 e. The van der Waals surface area contributed by atoms with Crippen LogP contribution >= 0.6 is 0 Å². The Balaban J connectivity index is 1.46. The minimum absolute atomic E-state index is 0.131. The van der Waals surface area contributed by atoms with Crippen molar-refractivity contribution in [2.45, 2.75) is 13.0 Å². The molecule has 0 bridgehead atoms. The second-order valence-corrected chi connectivity index (χ2v) is 5.57. The quantitative estimate of drug-likeness (QED) is 0.606. The molecule has 0 unspecified atom stereocenters. The molecule has 0 saturated carbocycles. The fourth-order valence-corrected chi connectivity index (χ4v) is 2.69. The molecular formula is C19H15N3O3. The number of furan rings is 1. The van der Waals surface area contributed by atoms with Crippen molar-refractivity contribution in [3.8, 4) is 11.5 Å². The van der Waals surface area contributed by atoms with Crippen molar-refractivity contribution in [2.75, 3.05) is 0 Å². The van der Waals surface area contributed by atoms with Crippen molar-refractivity contribution in [3.05, 3.63) is 72.2 Å². The number of nitrogens with one attached hydrogen (secondary N) is 1. The highest BCUT2D eigenvalue weighted by molar-refractivity contribution is 5.86. The van der Waals surface area contributed by atoms with Gasteiger partial charge in [0.2, 0.25) is 5.91 Å². The summed E-state index contributed by atoms with van der Waals surface area (Å²) in [6, 6.07) is 14.9.